The first kappa shape index (κ1) is 21.7. The summed E-state index contributed by atoms with van der Waals surface area (Å²) in [5, 5.41) is 18.9. The average Bonchev–Trinajstić information content (AvgIpc) is 3.62. The van der Waals surface area contributed by atoms with Crippen LogP contribution < -0.4 is 5.32 Å². The van der Waals surface area contributed by atoms with Crippen LogP contribution >= 0.6 is 34.7 Å². The third-order valence-electron chi connectivity index (χ3n) is 4.93. The second kappa shape index (κ2) is 9.82. The predicted octanol–water partition coefficient (Wildman–Crippen LogP) is 5.46. The van der Waals surface area contributed by atoms with Gasteiger partial charge in [0, 0.05) is 11.4 Å². The average molecular weight is 500 g/mol. The molecule has 5 rings (SSSR count). The number of hydrogen-bond acceptors (Lipinski definition) is 9. The number of aromatic nitrogens is 2. The van der Waals surface area contributed by atoms with Crippen LogP contribution in [0.1, 0.15) is 29.5 Å². The van der Waals surface area contributed by atoms with Gasteiger partial charge in [0.1, 0.15) is 17.6 Å². The van der Waals surface area contributed by atoms with E-state index in [-0.39, 0.29) is 17.7 Å². The molecule has 0 radical (unpaired) electrons. The summed E-state index contributed by atoms with van der Waals surface area (Å²) in [6.45, 7) is 0.520. The molecule has 1 amide bonds. The second-order valence-corrected chi connectivity index (χ2v) is 9.76. The maximum Gasteiger partial charge on any atom is 0.253 e. The number of anilines is 1. The molecule has 0 saturated heterocycles. The molecule has 0 bridgehead atoms. The Balaban J connectivity index is 1.25. The van der Waals surface area contributed by atoms with Gasteiger partial charge < -0.3 is 14.2 Å². The Bertz CT molecular complexity index is 1240. The van der Waals surface area contributed by atoms with Gasteiger partial charge in [-0.3, -0.25) is 4.79 Å². The van der Waals surface area contributed by atoms with Crippen LogP contribution in [0.3, 0.4) is 0 Å². The minimum atomic E-state index is -0.293. The first-order chi connectivity index (χ1) is 16.2. The van der Waals surface area contributed by atoms with E-state index >= 15 is 0 Å². The summed E-state index contributed by atoms with van der Waals surface area (Å²) in [5.74, 6) is 1.55. The molecule has 0 fully saturated rings. The molecule has 4 heterocycles. The van der Waals surface area contributed by atoms with Crippen LogP contribution in [0.5, 0.6) is 0 Å². The Morgan fingerprint density at radius 1 is 1.15 bits per heavy atom. The lowest BCUT2D eigenvalue weighted by atomic mass is 10.0. The van der Waals surface area contributed by atoms with Gasteiger partial charge in [0.25, 0.3) is 5.91 Å². The SMILES string of the molecule is O=C(CSc1nnc(NCc2ccco2)s1)N1N=C(c2ccc(Cl)cc2)CC1c1ccco1. The lowest BCUT2D eigenvalue weighted by Gasteiger charge is -2.19. The standard InChI is InChI=1S/C22H18ClN5O3S2/c23-15-7-5-14(6-8-15)17-11-18(19-4-2-10-31-19)28(27-17)20(29)13-32-22-26-25-21(33-22)24-12-16-3-1-9-30-16/h1-10,18H,11-13H2,(H,24,25). The molecule has 3 aromatic heterocycles. The van der Waals surface area contributed by atoms with Crippen molar-refractivity contribution in [2.45, 2.75) is 23.3 Å². The summed E-state index contributed by atoms with van der Waals surface area (Å²) in [5.41, 5.74) is 1.74. The molecule has 1 aliphatic rings. The van der Waals surface area contributed by atoms with Crippen LogP contribution in [0.4, 0.5) is 5.13 Å². The fourth-order valence-corrected chi connectivity index (χ4v) is 5.09. The molecule has 0 aliphatic carbocycles. The molecular weight excluding hydrogens is 482 g/mol. The van der Waals surface area contributed by atoms with Gasteiger partial charge >= 0.3 is 0 Å². The zero-order valence-electron chi connectivity index (χ0n) is 17.2. The molecule has 11 heteroatoms. The fraction of sp³-hybridized carbons (Fsp3) is 0.182. The Labute approximate surface area is 202 Å². The number of carbonyl (C=O) groups excluding carboxylic acids is 1. The van der Waals surface area contributed by atoms with Crippen LogP contribution in [0, 0.1) is 0 Å². The van der Waals surface area contributed by atoms with E-state index in [9.17, 15) is 4.79 Å². The highest BCUT2D eigenvalue weighted by Crippen LogP contribution is 2.34. The van der Waals surface area contributed by atoms with Crippen molar-refractivity contribution in [1.82, 2.24) is 15.2 Å². The number of rotatable bonds is 8. The summed E-state index contributed by atoms with van der Waals surface area (Å²) in [6.07, 6.45) is 3.79. The summed E-state index contributed by atoms with van der Waals surface area (Å²) < 4.78 is 11.6. The number of furan rings is 2. The van der Waals surface area contributed by atoms with Crippen LogP contribution in [-0.4, -0.2) is 32.6 Å². The smallest absolute Gasteiger partial charge is 0.253 e. The molecule has 168 valence electrons. The Morgan fingerprint density at radius 2 is 1.97 bits per heavy atom. The number of nitrogens with one attached hydrogen (secondary N) is 1. The van der Waals surface area contributed by atoms with Crippen LogP contribution in [0.15, 0.2) is 79.3 Å². The Hall–Kier alpha value is -3.08. The van der Waals surface area contributed by atoms with E-state index in [1.54, 1.807) is 12.5 Å². The van der Waals surface area contributed by atoms with Gasteiger partial charge in [0.2, 0.25) is 5.13 Å². The lowest BCUT2D eigenvalue weighted by Crippen LogP contribution is -2.28. The van der Waals surface area contributed by atoms with Gasteiger partial charge in [-0.05, 0) is 42.0 Å². The molecule has 1 unspecified atom stereocenters. The van der Waals surface area contributed by atoms with Gasteiger partial charge in [-0.2, -0.15) is 5.10 Å². The summed E-state index contributed by atoms with van der Waals surface area (Å²) in [4.78, 5) is 13.1. The topological polar surface area (TPSA) is 96.8 Å². The van der Waals surface area contributed by atoms with Crippen molar-refractivity contribution >= 4 is 51.5 Å². The molecule has 0 saturated carbocycles. The number of benzene rings is 1. The number of halogens is 1. The molecule has 1 N–H and O–H groups in total. The molecule has 33 heavy (non-hydrogen) atoms. The predicted molar refractivity (Wildman–Crippen MR) is 128 cm³/mol. The fourth-order valence-electron chi connectivity index (χ4n) is 3.36. The van der Waals surface area contributed by atoms with Crippen LogP contribution in [0.2, 0.25) is 5.02 Å². The van der Waals surface area contributed by atoms with E-state index in [4.69, 9.17) is 20.4 Å². The van der Waals surface area contributed by atoms with E-state index in [1.165, 1.54) is 28.1 Å². The summed E-state index contributed by atoms with van der Waals surface area (Å²) in [6, 6.07) is 14.5. The van der Waals surface area contributed by atoms with Gasteiger partial charge in [0.15, 0.2) is 4.34 Å². The molecule has 4 aromatic rings. The normalized spacial score (nSPS) is 15.6. The minimum Gasteiger partial charge on any atom is -0.467 e. The second-order valence-electron chi connectivity index (χ2n) is 7.12. The van der Waals surface area contributed by atoms with Crippen molar-refractivity contribution in [2.24, 2.45) is 5.10 Å². The molecule has 0 spiro atoms. The molecule has 1 atom stereocenters. The van der Waals surface area contributed by atoms with E-state index in [0.29, 0.717) is 33.2 Å². The first-order valence-electron chi connectivity index (χ1n) is 10.1. The number of thioether (sulfide) groups is 1. The van der Waals surface area contributed by atoms with Crippen molar-refractivity contribution in [3.63, 3.8) is 0 Å². The quantitative estimate of drug-likeness (QED) is 0.321. The van der Waals surface area contributed by atoms with Gasteiger partial charge in [-0.15, -0.1) is 10.2 Å². The van der Waals surface area contributed by atoms with Crippen LogP contribution in [0.25, 0.3) is 0 Å². The van der Waals surface area contributed by atoms with E-state index < -0.39 is 0 Å². The molecule has 1 aromatic carbocycles. The number of amides is 1. The Kier molecular flexibility index (Phi) is 6.47. The maximum absolute atomic E-state index is 13.1. The number of hydrogen-bond donors (Lipinski definition) is 1. The van der Waals surface area contributed by atoms with Gasteiger partial charge in [-0.25, -0.2) is 5.01 Å². The third kappa shape index (κ3) is 5.13. The van der Waals surface area contributed by atoms with E-state index in [1.807, 2.05) is 48.5 Å². The molecule has 1 aliphatic heterocycles. The van der Waals surface area contributed by atoms with Crippen molar-refractivity contribution < 1.29 is 13.6 Å². The highest BCUT2D eigenvalue weighted by Gasteiger charge is 2.34. The van der Waals surface area contributed by atoms with Crippen LogP contribution in [-0.2, 0) is 11.3 Å². The summed E-state index contributed by atoms with van der Waals surface area (Å²) in [7, 11) is 0. The largest absolute Gasteiger partial charge is 0.467 e. The highest BCUT2D eigenvalue weighted by atomic mass is 35.5. The molecule has 8 nitrogen and oxygen atoms in total. The van der Waals surface area contributed by atoms with Crippen molar-refractivity contribution in [1.29, 1.82) is 0 Å². The lowest BCUT2D eigenvalue weighted by molar-refractivity contribution is -0.130. The number of nitrogens with zero attached hydrogens (tertiary/aromatic N) is 4. The number of hydrazone groups is 1. The third-order valence-corrected chi connectivity index (χ3v) is 7.19. The summed E-state index contributed by atoms with van der Waals surface area (Å²) >= 11 is 8.73. The maximum atomic E-state index is 13.1. The van der Waals surface area contributed by atoms with Crippen molar-refractivity contribution in [3.05, 3.63) is 83.2 Å². The zero-order chi connectivity index (χ0) is 22.6. The first-order valence-corrected chi connectivity index (χ1v) is 12.2. The van der Waals surface area contributed by atoms with Crippen molar-refractivity contribution in [3.8, 4) is 0 Å². The number of carbonyl (C=O) groups is 1. The zero-order valence-corrected chi connectivity index (χ0v) is 19.6. The van der Waals surface area contributed by atoms with E-state index in [2.05, 4.69) is 20.6 Å². The molecular formula is C22H18ClN5O3S2. The van der Waals surface area contributed by atoms with Gasteiger partial charge in [0.05, 0.1) is 30.5 Å². The Morgan fingerprint density at radius 3 is 2.73 bits per heavy atom. The monoisotopic (exact) mass is 499 g/mol. The van der Waals surface area contributed by atoms with Crippen molar-refractivity contribution in [2.75, 3.05) is 11.1 Å². The van der Waals surface area contributed by atoms with Gasteiger partial charge in [-0.1, -0.05) is 46.8 Å². The van der Waals surface area contributed by atoms with E-state index in [0.717, 1.165) is 17.0 Å². The minimum absolute atomic E-state index is 0.134. The highest BCUT2D eigenvalue weighted by molar-refractivity contribution is 8.01.